The van der Waals surface area contributed by atoms with Crippen LogP contribution >= 0.6 is 0 Å². The van der Waals surface area contributed by atoms with Crippen LogP contribution in [-0.4, -0.2) is 25.7 Å². The van der Waals surface area contributed by atoms with Crippen LogP contribution in [0.15, 0.2) is 23.2 Å². The fourth-order valence-electron chi connectivity index (χ4n) is 4.60. The van der Waals surface area contributed by atoms with E-state index in [1.54, 1.807) is 18.3 Å². The summed E-state index contributed by atoms with van der Waals surface area (Å²) in [5.41, 5.74) is 0.403. The summed E-state index contributed by atoms with van der Waals surface area (Å²) in [5, 5.41) is 3.49. The molecule has 0 saturated heterocycles. The van der Waals surface area contributed by atoms with Crippen molar-refractivity contribution in [3.8, 4) is 0 Å². The molecule has 116 valence electrons. The van der Waals surface area contributed by atoms with Crippen molar-refractivity contribution < 1.29 is 8.42 Å². The number of nitrogens with zero attached hydrogens (tertiary/aromatic N) is 1. The molecule has 4 nitrogen and oxygen atoms in total. The normalized spacial score (nSPS) is 34.1. The van der Waals surface area contributed by atoms with Gasteiger partial charge in [-0.3, -0.25) is 0 Å². The lowest BCUT2D eigenvalue weighted by Crippen LogP contribution is -2.46. The van der Waals surface area contributed by atoms with E-state index >= 15 is 0 Å². The quantitative estimate of drug-likeness (QED) is 0.932. The number of sulfone groups is 1. The highest BCUT2D eigenvalue weighted by atomic mass is 32.2. The van der Waals surface area contributed by atoms with Crippen molar-refractivity contribution in [2.45, 2.75) is 51.0 Å². The van der Waals surface area contributed by atoms with Crippen molar-refractivity contribution in [2.75, 3.05) is 11.6 Å². The molecule has 2 fully saturated rings. The Labute approximate surface area is 127 Å². The van der Waals surface area contributed by atoms with Gasteiger partial charge in [0.1, 0.15) is 10.7 Å². The van der Waals surface area contributed by atoms with Crippen molar-refractivity contribution in [3.05, 3.63) is 18.3 Å². The van der Waals surface area contributed by atoms with Gasteiger partial charge in [0, 0.05) is 18.5 Å². The van der Waals surface area contributed by atoms with Crippen molar-refractivity contribution in [2.24, 2.45) is 16.7 Å². The van der Waals surface area contributed by atoms with Gasteiger partial charge in [-0.05, 0) is 48.1 Å². The van der Waals surface area contributed by atoms with E-state index in [2.05, 4.69) is 31.1 Å². The van der Waals surface area contributed by atoms with E-state index in [9.17, 15) is 8.42 Å². The highest BCUT2D eigenvalue weighted by molar-refractivity contribution is 7.90. The van der Waals surface area contributed by atoms with Gasteiger partial charge in [0.25, 0.3) is 0 Å². The minimum absolute atomic E-state index is 0.166. The molecule has 1 heterocycles. The molecule has 1 aromatic rings. The fraction of sp³-hybridized carbons (Fsp3) is 0.688. The molecule has 21 heavy (non-hydrogen) atoms. The molecular weight excluding hydrogens is 284 g/mol. The third kappa shape index (κ3) is 2.26. The Hall–Kier alpha value is -1.10. The summed E-state index contributed by atoms with van der Waals surface area (Å²) in [4.78, 5) is 4.60. The third-order valence-electron chi connectivity index (χ3n) is 5.72. The summed E-state index contributed by atoms with van der Waals surface area (Å²) in [7, 11) is -3.27. The summed E-state index contributed by atoms with van der Waals surface area (Å²) in [6.07, 6.45) is 6.60. The molecule has 0 amide bonds. The molecule has 1 aromatic heterocycles. The van der Waals surface area contributed by atoms with E-state index in [1.807, 2.05) is 0 Å². The predicted molar refractivity (Wildman–Crippen MR) is 84.0 cm³/mol. The van der Waals surface area contributed by atoms with Crippen LogP contribution in [0, 0.1) is 16.7 Å². The molecule has 2 aliphatic carbocycles. The zero-order chi connectivity index (χ0) is 15.5. The van der Waals surface area contributed by atoms with E-state index in [0.29, 0.717) is 16.6 Å². The largest absolute Gasteiger partial charge is 0.365 e. The molecule has 0 spiro atoms. The van der Waals surface area contributed by atoms with Crippen LogP contribution in [0.2, 0.25) is 0 Å². The smallest absolute Gasteiger partial charge is 0.179 e. The monoisotopic (exact) mass is 308 g/mol. The lowest BCUT2D eigenvalue weighted by molar-refractivity contribution is 0.155. The number of fused-ring (bicyclic) bond motifs is 2. The Kier molecular flexibility index (Phi) is 3.14. The maximum atomic E-state index is 11.9. The minimum Gasteiger partial charge on any atom is -0.365 e. The summed E-state index contributed by atoms with van der Waals surface area (Å²) in [5.74, 6) is 1.22. The van der Waals surface area contributed by atoms with Gasteiger partial charge in [0.2, 0.25) is 0 Å². The predicted octanol–water partition coefficient (Wildman–Crippen LogP) is 3.11. The van der Waals surface area contributed by atoms with Gasteiger partial charge >= 0.3 is 0 Å². The molecule has 2 aliphatic rings. The van der Waals surface area contributed by atoms with Gasteiger partial charge in [-0.15, -0.1) is 0 Å². The Bertz CT molecular complexity index is 664. The lowest BCUT2D eigenvalue weighted by Gasteiger charge is -2.43. The van der Waals surface area contributed by atoms with Crippen LogP contribution in [0.3, 0.4) is 0 Å². The van der Waals surface area contributed by atoms with Crippen LogP contribution in [0.25, 0.3) is 0 Å². The lowest BCUT2D eigenvalue weighted by atomic mass is 9.68. The second kappa shape index (κ2) is 4.45. The van der Waals surface area contributed by atoms with E-state index in [0.717, 1.165) is 0 Å². The molecule has 0 radical (unpaired) electrons. The average Bonchev–Trinajstić information content (AvgIpc) is 2.85. The van der Waals surface area contributed by atoms with E-state index in [1.165, 1.54) is 25.5 Å². The molecule has 2 bridgehead atoms. The Morgan fingerprint density at radius 3 is 2.62 bits per heavy atom. The van der Waals surface area contributed by atoms with Crippen molar-refractivity contribution in [1.82, 2.24) is 4.98 Å². The second-order valence-corrected chi connectivity index (χ2v) is 9.60. The van der Waals surface area contributed by atoms with Crippen LogP contribution < -0.4 is 5.32 Å². The van der Waals surface area contributed by atoms with Crippen LogP contribution in [0.1, 0.15) is 40.0 Å². The number of rotatable bonds is 3. The highest BCUT2D eigenvalue weighted by Crippen LogP contribution is 2.63. The Morgan fingerprint density at radius 1 is 1.33 bits per heavy atom. The Morgan fingerprint density at radius 2 is 2.05 bits per heavy atom. The van der Waals surface area contributed by atoms with Crippen LogP contribution in [0.4, 0.5) is 5.82 Å². The average molecular weight is 308 g/mol. The molecule has 2 saturated carbocycles. The van der Waals surface area contributed by atoms with Gasteiger partial charge < -0.3 is 5.32 Å². The molecule has 0 aromatic carbocycles. The van der Waals surface area contributed by atoms with Gasteiger partial charge in [0.05, 0.1) is 0 Å². The van der Waals surface area contributed by atoms with E-state index in [4.69, 9.17) is 0 Å². The first-order valence-corrected chi connectivity index (χ1v) is 9.45. The highest BCUT2D eigenvalue weighted by Gasteiger charge is 2.59. The molecular formula is C16H24N2O2S. The number of hydrogen-bond acceptors (Lipinski definition) is 4. The first-order chi connectivity index (χ1) is 9.64. The standard InChI is InChI=1S/C16H24N2O2S/c1-15(2)11-7-8-16(3,10-11)14(15)18-13-12(21(4,19)20)6-5-9-17-13/h5-6,9,11,14H,7-8,10H2,1-4H3,(H,17,18). The van der Waals surface area contributed by atoms with Crippen LogP contribution in [-0.2, 0) is 9.84 Å². The SMILES string of the molecule is CC12CCC(C1)C(C)(C)C2Nc1ncccc1S(C)(=O)=O. The fourth-order valence-corrected chi connectivity index (χ4v) is 5.39. The van der Waals surface area contributed by atoms with Gasteiger partial charge in [-0.1, -0.05) is 20.8 Å². The number of hydrogen-bond donors (Lipinski definition) is 1. The van der Waals surface area contributed by atoms with Crippen molar-refractivity contribution in [1.29, 1.82) is 0 Å². The second-order valence-electron chi connectivity index (χ2n) is 7.61. The molecule has 3 atom stereocenters. The Balaban J connectivity index is 1.98. The molecule has 3 rings (SSSR count). The number of pyridine rings is 1. The molecule has 5 heteroatoms. The first-order valence-electron chi connectivity index (χ1n) is 7.56. The minimum atomic E-state index is -3.27. The zero-order valence-electron chi connectivity index (χ0n) is 13.2. The zero-order valence-corrected chi connectivity index (χ0v) is 14.0. The molecule has 3 unspecified atom stereocenters. The molecule has 1 N–H and O–H groups in total. The van der Waals surface area contributed by atoms with Gasteiger partial charge in [-0.25, -0.2) is 13.4 Å². The summed E-state index contributed by atoms with van der Waals surface area (Å²) in [6.45, 7) is 6.91. The summed E-state index contributed by atoms with van der Waals surface area (Å²) < 4.78 is 23.9. The number of anilines is 1. The topological polar surface area (TPSA) is 59.1 Å². The summed E-state index contributed by atoms with van der Waals surface area (Å²) >= 11 is 0. The molecule has 0 aliphatic heterocycles. The first kappa shape index (κ1) is 14.8. The number of aromatic nitrogens is 1. The van der Waals surface area contributed by atoms with E-state index in [-0.39, 0.29) is 16.9 Å². The van der Waals surface area contributed by atoms with Crippen molar-refractivity contribution >= 4 is 15.7 Å². The number of nitrogens with one attached hydrogen (secondary N) is 1. The van der Waals surface area contributed by atoms with Gasteiger partial charge in [-0.2, -0.15) is 0 Å². The maximum absolute atomic E-state index is 11.9. The van der Waals surface area contributed by atoms with Crippen LogP contribution in [0.5, 0.6) is 0 Å². The van der Waals surface area contributed by atoms with E-state index < -0.39 is 9.84 Å². The van der Waals surface area contributed by atoms with Gasteiger partial charge in [0.15, 0.2) is 9.84 Å². The third-order valence-corrected chi connectivity index (χ3v) is 6.85. The summed E-state index contributed by atoms with van der Waals surface area (Å²) in [6, 6.07) is 3.57. The van der Waals surface area contributed by atoms with Crippen molar-refractivity contribution in [3.63, 3.8) is 0 Å². The maximum Gasteiger partial charge on any atom is 0.179 e.